The Morgan fingerprint density at radius 1 is 1.20 bits per heavy atom. The Morgan fingerprint density at radius 3 is 3.07 bits per heavy atom. The van der Waals surface area contributed by atoms with Gasteiger partial charge < -0.3 is 0 Å². The van der Waals surface area contributed by atoms with Crippen molar-refractivity contribution in [1.29, 1.82) is 0 Å². The van der Waals surface area contributed by atoms with E-state index in [4.69, 9.17) is 0 Å². The maximum atomic E-state index is 2.32. The van der Waals surface area contributed by atoms with Crippen molar-refractivity contribution in [3.63, 3.8) is 0 Å². The third kappa shape index (κ3) is 1.46. The van der Waals surface area contributed by atoms with Gasteiger partial charge in [-0.15, -0.1) is 0 Å². The van der Waals surface area contributed by atoms with Crippen molar-refractivity contribution in [3.05, 3.63) is 64.8 Å². The lowest BCUT2D eigenvalue weighted by Crippen LogP contribution is -2.11. The van der Waals surface area contributed by atoms with E-state index in [1.807, 2.05) is 0 Å². The molecule has 1 aromatic rings. The zero-order valence-electron chi connectivity index (χ0n) is 8.90. The van der Waals surface area contributed by atoms with Crippen LogP contribution in [0.3, 0.4) is 0 Å². The van der Waals surface area contributed by atoms with Crippen molar-refractivity contribution in [2.24, 2.45) is 5.92 Å². The number of hydrogen-bond donors (Lipinski definition) is 0. The predicted molar refractivity (Wildman–Crippen MR) is 64.6 cm³/mol. The van der Waals surface area contributed by atoms with Gasteiger partial charge in [0.1, 0.15) is 0 Å². The van der Waals surface area contributed by atoms with Crippen molar-refractivity contribution in [2.45, 2.75) is 13.3 Å². The molecule has 0 saturated carbocycles. The van der Waals surface area contributed by atoms with E-state index >= 15 is 0 Å². The van der Waals surface area contributed by atoms with Gasteiger partial charge in [0, 0.05) is 5.92 Å². The predicted octanol–water partition coefficient (Wildman–Crippen LogP) is 3.68. The highest BCUT2D eigenvalue weighted by Gasteiger charge is 2.18. The maximum absolute atomic E-state index is 2.32. The van der Waals surface area contributed by atoms with E-state index < -0.39 is 0 Å². The summed E-state index contributed by atoms with van der Waals surface area (Å²) in [5.74, 6) is 0.601. The van der Waals surface area contributed by atoms with Crippen LogP contribution in [-0.2, 0) is 6.42 Å². The Kier molecular flexibility index (Phi) is 1.88. The van der Waals surface area contributed by atoms with Crippen LogP contribution in [0.1, 0.15) is 16.7 Å². The van der Waals surface area contributed by atoms with Gasteiger partial charge in [-0.25, -0.2) is 0 Å². The molecule has 0 radical (unpaired) electrons. The highest BCUT2D eigenvalue weighted by atomic mass is 14.2. The molecule has 0 N–H and O–H groups in total. The van der Waals surface area contributed by atoms with E-state index in [-0.39, 0.29) is 0 Å². The topological polar surface area (TPSA) is 0 Å². The van der Waals surface area contributed by atoms with E-state index in [0.29, 0.717) is 5.92 Å². The molecule has 0 heteroatoms. The van der Waals surface area contributed by atoms with Gasteiger partial charge in [-0.05, 0) is 30.0 Å². The summed E-state index contributed by atoms with van der Waals surface area (Å²) >= 11 is 0. The minimum absolute atomic E-state index is 0.601. The molecule has 0 heterocycles. The van der Waals surface area contributed by atoms with Gasteiger partial charge in [0.2, 0.25) is 0 Å². The Balaban J connectivity index is 2.12. The van der Waals surface area contributed by atoms with Crippen molar-refractivity contribution in [2.75, 3.05) is 0 Å². The van der Waals surface area contributed by atoms with E-state index in [0.717, 1.165) is 6.42 Å². The first-order valence-corrected chi connectivity index (χ1v) is 5.49. The van der Waals surface area contributed by atoms with Crippen molar-refractivity contribution in [3.8, 4) is 0 Å². The molecule has 15 heavy (non-hydrogen) atoms. The summed E-state index contributed by atoms with van der Waals surface area (Å²) in [6.07, 6.45) is 12.3. The fraction of sp³-hybridized carbons (Fsp3) is 0.200. The second-order valence-corrected chi connectivity index (χ2v) is 4.40. The van der Waals surface area contributed by atoms with E-state index in [1.54, 1.807) is 0 Å². The van der Waals surface area contributed by atoms with Crippen molar-refractivity contribution < 1.29 is 0 Å². The number of fused-ring (bicyclic) bond motifs is 2. The number of allylic oxidation sites excluding steroid dienone is 5. The van der Waals surface area contributed by atoms with Gasteiger partial charge in [0.25, 0.3) is 0 Å². The average molecular weight is 194 g/mol. The van der Waals surface area contributed by atoms with E-state index in [2.05, 4.69) is 55.5 Å². The average Bonchev–Trinajstić information content (AvgIpc) is 2.26. The molecular weight excluding hydrogens is 180 g/mol. The molecule has 1 aromatic carbocycles. The lowest BCUT2D eigenvalue weighted by atomic mass is 9.81. The number of aryl methyl sites for hydroxylation is 1. The first-order valence-electron chi connectivity index (χ1n) is 5.49. The minimum atomic E-state index is 0.601. The summed E-state index contributed by atoms with van der Waals surface area (Å²) in [5, 5.41) is 0. The number of hydrogen-bond acceptors (Lipinski definition) is 0. The van der Waals surface area contributed by atoms with Crippen LogP contribution in [0.2, 0.25) is 0 Å². The fourth-order valence-corrected chi connectivity index (χ4v) is 2.41. The first kappa shape index (κ1) is 8.72. The van der Waals surface area contributed by atoms with Crippen LogP contribution in [0, 0.1) is 12.8 Å². The molecule has 0 saturated heterocycles. The van der Waals surface area contributed by atoms with Gasteiger partial charge in [0.05, 0.1) is 0 Å². The molecule has 2 aliphatic carbocycles. The van der Waals surface area contributed by atoms with Crippen LogP contribution in [-0.4, -0.2) is 0 Å². The fourth-order valence-electron chi connectivity index (χ4n) is 2.41. The molecular formula is C15H14. The molecule has 1 unspecified atom stereocenters. The highest BCUT2D eigenvalue weighted by Crippen LogP contribution is 2.32. The Labute approximate surface area is 90.6 Å². The molecule has 0 aromatic heterocycles. The Hall–Kier alpha value is -1.56. The molecule has 0 fully saturated rings. The van der Waals surface area contributed by atoms with Crippen LogP contribution in [0.5, 0.6) is 0 Å². The molecule has 1 atom stereocenters. The molecule has 0 amide bonds. The standard InChI is InChI=1S/C15H14/c1-11-6-7-14-9-12-4-2-3-5-13(12)10-15(14)8-11/h2-9,13H,10H2,1H3. The Bertz CT molecular complexity index is 487. The van der Waals surface area contributed by atoms with Crippen LogP contribution in [0.4, 0.5) is 0 Å². The summed E-state index contributed by atoms with van der Waals surface area (Å²) in [5.41, 5.74) is 5.70. The highest BCUT2D eigenvalue weighted by molar-refractivity contribution is 5.65. The smallest absolute Gasteiger partial charge is 0.00619 e. The largest absolute Gasteiger partial charge is 0.0767 e. The van der Waals surface area contributed by atoms with Gasteiger partial charge in [0.15, 0.2) is 0 Å². The molecule has 74 valence electrons. The van der Waals surface area contributed by atoms with Gasteiger partial charge in [-0.2, -0.15) is 0 Å². The lowest BCUT2D eigenvalue weighted by molar-refractivity contribution is 0.758. The van der Waals surface area contributed by atoms with E-state index in [9.17, 15) is 0 Å². The van der Waals surface area contributed by atoms with Crippen LogP contribution in [0.25, 0.3) is 6.08 Å². The van der Waals surface area contributed by atoms with Crippen LogP contribution in [0.15, 0.2) is 48.1 Å². The Morgan fingerprint density at radius 2 is 2.13 bits per heavy atom. The molecule has 0 aliphatic heterocycles. The summed E-state index contributed by atoms with van der Waals surface area (Å²) in [7, 11) is 0. The molecule has 0 bridgehead atoms. The van der Waals surface area contributed by atoms with Gasteiger partial charge in [-0.3, -0.25) is 0 Å². The van der Waals surface area contributed by atoms with E-state index in [1.165, 1.54) is 22.3 Å². The summed E-state index contributed by atoms with van der Waals surface area (Å²) in [6, 6.07) is 6.74. The second-order valence-electron chi connectivity index (χ2n) is 4.40. The van der Waals surface area contributed by atoms with Crippen LogP contribution >= 0.6 is 0 Å². The van der Waals surface area contributed by atoms with Gasteiger partial charge >= 0.3 is 0 Å². The van der Waals surface area contributed by atoms with Crippen LogP contribution < -0.4 is 0 Å². The summed E-state index contributed by atoms with van der Waals surface area (Å²) in [4.78, 5) is 0. The molecule has 3 rings (SSSR count). The zero-order chi connectivity index (χ0) is 10.3. The summed E-state index contributed by atoms with van der Waals surface area (Å²) < 4.78 is 0. The lowest BCUT2D eigenvalue weighted by Gasteiger charge is -2.23. The monoisotopic (exact) mass is 194 g/mol. The summed E-state index contributed by atoms with van der Waals surface area (Å²) in [6.45, 7) is 2.16. The van der Waals surface area contributed by atoms with Crippen molar-refractivity contribution >= 4 is 6.08 Å². The molecule has 0 spiro atoms. The minimum Gasteiger partial charge on any atom is -0.0767 e. The third-order valence-corrected chi connectivity index (χ3v) is 3.23. The molecule has 0 nitrogen and oxygen atoms in total. The number of rotatable bonds is 0. The zero-order valence-corrected chi connectivity index (χ0v) is 8.90. The first-order chi connectivity index (χ1) is 7.33. The van der Waals surface area contributed by atoms with Gasteiger partial charge in [-0.1, -0.05) is 54.1 Å². The molecule has 2 aliphatic rings. The maximum Gasteiger partial charge on any atom is 0.00619 e. The van der Waals surface area contributed by atoms with Crippen molar-refractivity contribution in [1.82, 2.24) is 0 Å². The number of benzene rings is 1. The normalized spacial score (nSPS) is 21.9. The second kappa shape index (κ2) is 3.23. The quantitative estimate of drug-likeness (QED) is 0.591. The SMILES string of the molecule is Cc1ccc2c(c1)CC1C=CC=CC1=C2. The third-order valence-electron chi connectivity index (χ3n) is 3.23.